The molecule has 494 valence electrons. The van der Waals surface area contributed by atoms with Crippen molar-refractivity contribution >= 4 is 17.7 Å². The zero-order valence-corrected chi connectivity index (χ0v) is 50.6. The highest BCUT2D eigenvalue weighted by Gasteiger charge is 2.79. The molecule has 0 bridgehead atoms. The molecule has 4 aliphatic carbocycles. The molecule has 6 saturated heterocycles. The lowest BCUT2D eigenvalue weighted by molar-refractivity contribution is -0.403. The van der Waals surface area contributed by atoms with Crippen LogP contribution in [0.2, 0.25) is 0 Å². The average Bonchev–Trinajstić information content (AvgIpc) is 1.54. The van der Waals surface area contributed by atoms with Crippen LogP contribution in [-0.4, -0.2) is 258 Å². The summed E-state index contributed by atoms with van der Waals surface area (Å²) in [4.78, 5) is 40.4. The highest BCUT2D eigenvalue weighted by molar-refractivity contribution is 5.99. The Morgan fingerprint density at radius 2 is 1.26 bits per heavy atom. The second kappa shape index (κ2) is 25.3. The summed E-state index contributed by atoms with van der Waals surface area (Å²) < 4.78 is 72.3. The molecule has 27 heteroatoms. The highest BCUT2D eigenvalue weighted by atomic mass is 16.8. The molecule has 31 unspecified atom stereocenters. The molecule has 6 heterocycles. The smallest absolute Gasteiger partial charge is 0.314 e. The Kier molecular flexibility index (Phi) is 19.5. The van der Waals surface area contributed by atoms with Crippen LogP contribution in [0.3, 0.4) is 0 Å². The standard InChI is InChI=1S/C60H92O27/c1-24(2)11-10-16-59(9)49-29(63)19-58(8)28-12-13-34-56(5,6)35(15-17-57(34,7)27(28)14-18-60(49,58)55(75)87-59)82-53-47(37(67)31(65)22-78-53)86-54-48(85-50-41(71)36(66)30(64)21-77-50)43(73)45(25(3)79-54)83-52-44(74)46(39(69)32(20-61)80-52)84-51-42(72)40(70)38(68)33(81-51)23-76-26(4)62/h12,25,27,30-54,61,64-74H,1,10-11,13-23H2,2-9H3. The van der Waals surface area contributed by atoms with Crippen LogP contribution in [0, 0.1) is 39.4 Å². The molecule has 12 N–H and O–H groups in total. The van der Waals surface area contributed by atoms with E-state index < -0.39 is 201 Å². The summed E-state index contributed by atoms with van der Waals surface area (Å²) in [6.07, 6.45) is -33.3. The van der Waals surface area contributed by atoms with Gasteiger partial charge in [0.15, 0.2) is 31.5 Å². The number of ether oxygens (including phenoxy) is 12. The van der Waals surface area contributed by atoms with E-state index in [1.54, 1.807) is 0 Å². The minimum atomic E-state index is -2.07. The molecule has 10 rings (SSSR count). The van der Waals surface area contributed by atoms with Crippen LogP contribution in [0.15, 0.2) is 23.8 Å². The molecule has 87 heavy (non-hydrogen) atoms. The summed E-state index contributed by atoms with van der Waals surface area (Å²) in [6.45, 7) is 16.6. The van der Waals surface area contributed by atoms with Gasteiger partial charge in [-0.1, -0.05) is 44.9 Å². The molecule has 1 spiro atoms. The second-order valence-electron chi connectivity index (χ2n) is 27.6. The minimum Gasteiger partial charge on any atom is -0.463 e. The van der Waals surface area contributed by atoms with Gasteiger partial charge < -0.3 is 118 Å². The van der Waals surface area contributed by atoms with Crippen molar-refractivity contribution in [2.75, 3.05) is 26.4 Å². The lowest BCUT2D eigenvalue weighted by atomic mass is 9.41. The van der Waals surface area contributed by atoms with E-state index in [4.69, 9.17) is 56.8 Å². The fourth-order valence-corrected chi connectivity index (χ4v) is 16.9. The fraction of sp³-hybridized carbons (Fsp3) is 0.883. The number of carbonyl (C=O) groups is 3. The third kappa shape index (κ3) is 11.6. The van der Waals surface area contributed by atoms with Gasteiger partial charge in [0.25, 0.3) is 0 Å². The van der Waals surface area contributed by atoms with Crippen molar-refractivity contribution < 1.29 is 133 Å². The van der Waals surface area contributed by atoms with Crippen LogP contribution >= 0.6 is 0 Å². The Morgan fingerprint density at radius 1 is 0.655 bits per heavy atom. The summed E-state index contributed by atoms with van der Waals surface area (Å²) in [7, 11) is 0. The van der Waals surface area contributed by atoms with Gasteiger partial charge in [0.2, 0.25) is 0 Å². The molecule has 27 nitrogen and oxygen atoms in total. The molecule has 6 aliphatic heterocycles. The first-order valence-corrected chi connectivity index (χ1v) is 30.7. The highest BCUT2D eigenvalue weighted by Crippen LogP contribution is 2.75. The van der Waals surface area contributed by atoms with Crippen molar-refractivity contribution in [1.29, 1.82) is 0 Å². The summed E-state index contributed by atoms with van der Waals surface area (Å²) in [6, 6.07) is 0. The van der Waals surface area contributed by atoms with Crippen LogP contribution in [0.25, 0.3) is 0 Å². The number of ketones is 1. The quantitative estimate of drug-likeness (QED) is 0.0563. The third-order valence-corrected chi connectivity index (χ3v) is 21.6. The first kappa shape index (κ1) is 67.1. The number of allylic oxidation sites excluding steroid dienone is 3. The molecule has 9 fully saturated rings. The number of cyclic esters (lactones) is 1. The molecule has 0 radical (unpaired) electrons. The van der Waals surface area contributed by atoms with E-state index in [2.05, 4.69) is 40.3 Å². The Labute approximate surface area is 504 Å². The maximum absolute atomic E-state index is 14.4. The van der Waals surface area contributed by atoms with E-state index in [9.17, 15) is 75.7 Å². The number of carbonyl (C=O) groups excluding carboxylic acids is 3. The Morgan fingerprint density at radius 3 is 1.94 bits per heavy atom. The van der Waals surface area contributed by atoms with Gasteiger partial charge in [-0.15, -0.1) is 6.58 Å². The van der Waals surface area contributed by atoms with Crippen LogP contribution in [0.1, 0.15) is 113 Å². The largest absolute Gasteiger partial charge is 0.463 e. The Hall–Kier alpha value is -2.79. The molecule has 31 atom stereocenters. The molecule has 10 aliphatic rings. The number of Topliss-reactive ketones (excluding diaryl/α,β-unsaturated/α-hetero) is 1. The van der Waals surface area contributed by atoms with E-state index in [1.807, 2.05) is 13.8 Å². The monoisotopic (exact) mass is 1240 g/mol. The summed E-state index contributed by atoms with van der Waals surface area (Å²) in [5, 5.41) is 133. The normalized spacial score (nSPS) is 51.3. The third-order valence-electron chi connectivity index (χ3n) is 21.6. The molecule has 0 aromatic rings. The van der Waals surface area contributed by atoms with E-state index in [-0.39, 0.29) is 42.0 Å². The van der Waals surface area contributed by atoms with Crippen molar-refractivity contribution in [2.24, 2.45) is 39.4 Å². The Balaban J connectivity index is 0.873. The fourth-order valence-electron chi connectivity index (χ4n) is 16.9. The van der Waals surface area contributed by atoms with Gasteiger partial charge in [0.05, 0.1) is 43.4 Å². The van der Waals surface area contributed by atoms with E-state index in [0.717, 1.165) is 30.9 Å². The summed E-state index contributed by atoms with van der Waals surface area (Å²) in [5.41, 5.74) is -1.37. The van der Waals surface area contributed by atoms with E-state index >= 15 is 0 Å². The van der Waals surface area contributed by atoms with Crippen LogP contribution in [0.4, 0.5) is 0 Å². The molecule has 0 aromatic carbocycles. The first-order chi connectivity index (χ1) is 40.8. The number of hydrogen-bond donors (Lipinski definition) is 12. The number of aliphatic hydroxyl groups excluding tert-OH is 12. The zero-order valence-electron chi connectivity index (χ0n) is 50.6. The van der Waals surface area contributed by atoms with Crippen LogP contribution in [-0.2, 0) is 71.2 Å². The predicted octanol–water partition coefficient (Wildman–Crippen LogP) is -1.83. The van der Waals surface area contributed by atoms with Gasteiger partial charge >= 0.3 is 11.9 Å². The topological polar surface area (TPSA) is 405 Å². The number of fused-ring (bicyclic) bond motifs is 4. The molecular formula is C60H92O27. The first-order valence-electron chi connectivity index (χ1n) is 30.7. The molecule has 0 aromatic heterocycles. The average molecular weight is 1250 g/mol. The van der Waals surface area contributed by atoms with Crippen molar-refractivity contribution in [3.8, 4) is 0 Å². The second-order valence-corrected chi connectivity index (χ2v) is 27.6. The number of aliphatic hydroxyl groups is 12. The van der Waals surface area contributed by atoms with Gasteiger partial charge in [-0.25, -0.2) is 0 Å². The van der Waals surface area contributed by atoms with E-state index in [1.165, 1.54) is 6.92 Å². The van der Waals surface area contributed by atoms with Gasteiger partial charge in [-0.05, 0) is 94.8 Å². The van der Waals surface area contributed by atoms with Gasteiger partial charge in [0, 0.05) is 18.8 Å². The summed E-state index contributed by atoms with van der Waals surface area (Å²) >= 11 is 0. The maximum atomic E-state index is 14.4. The van der Waals surface area contributed by atoms with Crippen molar-refractivity contribution in [3.05, 3.63) is 23.8 Å². The summed E-state index contributed by atoms with van der Waals surface area (Å²) in [5.74, 6) is -1.50. The van der Waals surface area contributed by atoms with E-state index in [0.29, 0.717) is 38.5 Å². The molecular weight excluding hydrogens is 1150 g/mol. The number of esters is 2. The molecule has 3 saturated carbocycles. The number of hydrogen-bond acceptors (Lipinski definition) is 27. The predicted molar refractivity (Wildman–Crippen MR) is 292 cm³/mol. The lowest BCUT2D eigenvalue weighted by Crippen LogP contribution is -2.68. The van der Waals surface area contributed by atoms with Crippen molar-refractivity contribution in [2.45, 2.75) is 266 Å². The van der Waals surface area contributed by atoms with Crippen LogP contribution < -0.4 is 0 Å². The van der Waals surface area contributed by atoms with Gasteiger partial charge in [-0.2, -0.15) is 0 Å². The van der Waals surface area contributed by atoms with Crippen molar-refractivity contribution in [1.82, 2.24) is 0 Å². The van der Waals surface area contributed by atoms with Gasteiger partial charge in [0.1, 0.15) is 122 Å². The number of rotatable bonds is 17. The minimum absolute atomic E-state index is 0.00255. The SMILES string of the molecule is C=C(C)CCCC1(C)OC(=O)C23CCC4C(=CCC5C(C)(C)C(OC6OCC(O)C(O)C6OC6OC(C)C(OC7OC(CO)C(O)C(OC8OC(COC(C)=O)C(O)C(O)C8O)C7O)C(O)C6OC6OCC(O)C(O)C6O)CCC45C)C2(C)CC(=O)C13. The van der Waals surface area contributed by atoms with Crippen molar-refractivity contribution in [3.63, 3.8) is 0 Å². The molecule has 0 amide bonds. The zero-order chi connectivity index (χ0) is 63.4. The van der Waals surface area contributed by atoms with Gasteiger partial charge in [-0.3, -0.25) is 14.4 Å². The lowest BCUT2D eigenvalue weighted by Gasteiger charge is -2.63. The Bertz CT molecular complexity index is 2540. The maximum Gasteiger partial charge on any atom is 0.314 e. The van der Waals surface area contributed by atoms with Crippen LogP contribution in [0.5, 0.6) is 0 Å².